The standard InChI is InChI=1S/C15H19N3O3S/c1-10(14(20)16-11-4-2-3-5-11)21-13(19)8-12-9-18-6-7-22-15(18)17-12/h6-7,9-11H,2-5,8H2,1H3,(H,16,20)/t10-/m0/s1. The molecule has 2 heterocycles. The quantitative estimate of drug-likeness (QED) is 0.854. The molecule has 1 N–H and O–H groups in total. The van der Waals surface area contributed by atoms with Crippen molar-refractivity contribution in [3.05, 3.63) is 23.5 Å². The minimum absolute atomic E-state index is 0.0788. The summed E-state index contributed by atoms with van der Waals surface area (Å²) in [7, 11) is 0. The molecule has 1 saturated carbocycles. The Kier molecular flexibility index (Phi) is 4.42. The first-order valence-corrected chi connectivity index (χ1v) is 8.41. The van der Waals surface area contributed by atoms with Gasteiger partial charge in [0.15, 0.2) is 11.1 Å². The Hall–Kier alpha value is -1.89. The number of thiazole rings is 1. The average Bonchev–Trinajstić information content (AvgIpc) is 3.15. The van der Waals surface area contributed by atoms with Crippen molar-refractivity contribution in [3.8, 4) is 0 Å². The van der Waals surface area contributed by atoms with Crippen LogP contribution in [0.4, 0.5) is 0 Å². The zero-order valence-corrected chi connectivity index (χ0v) is 13.3. The van der Waals surface area contributed by atoms with Crippen molar-refractivity contribution < 1.29 is 14.3 Å². The Balaban J connectivity index is 1.49. The summed E-state index contributed by atoms with van der Waals surface area (Å²) in [4.78, 5) is 29.1. The Morgan fingerprint density at radius 1 is 1.50 bits per heavy atom. The van der Waals surface area contributed by atoms with E-state index in [9.17, 15) is 9.59 Å². The predicted molar refractivity (Wildman–Crippen MR) is 82.7 cm³/mol. The maximum atomic E-state index is 12.0. The van der Waals surface area contributed by atoms with Crippen LogP contribution >= 0.6 is 11.3 Å². The van der Waals surface area contributed by atoms with Crippen LogP contribution in [-0.2, 0) is 20.7 Å². The highest BCUT2D eigenvalue weighted by molar-refractivity contribution is 7.15. The second-order valence-corrected chi connectivity index (χ2v) is 6.50. The van der Waals surface area contributed by atoms with Crippen molar-refractivity contribution in [1.82, 2.24) is 14.7 Å². The number of fused-ring (bicyclic) bond motifs is 1. The van der Waals surface area contributed by atoms with Crippen LogP contribution < -0.4 is 5.32 Å². The number of ether oxygens (including phenoxy) is 1. The minimum Gasteiger partial charge on any atom is -0.452 e. The van der Waals surface area contributed by atoms with Gasteiger partial charge in [-0.1, -0.05) is 12.8 Å². The Morgan fingerprint density at radius 2 is 2.27 bits per heavy atom. The molecule has 6 nitrogen and oxygen atoms in total. The maximum absolute atomic E-state index is 12.0. The summed E-state index contributed by atoms with van der Waals surface area (Å²) in [5, 5.41) is 4.86. The third-order valence-corrected chi connectivity index (χ3v) is 4.62. The number of esters is 1. The number of aromatic nitrogens is 2. The van der Waals surface area contributed by atoms with Crippen molar-refractivity contribution in [1.29, 1.82) is 0 Å². The molecule has 0 saturated heterocycles. The zero-order chi connectivity index (χ0) is 15.5. The fraction of sp³-hybridized carbons (Fsp3) is 0.533. The van der Waals surface area contributed by atoms with Crippen LogP contribution in [0.25, 0.3) is 4.96 Å². The van der Waals surface area contributed by atoms with Gasteiger partial charge in [-0.25, -0.2) is 4.98 Å². The summed E-state index contributed by atoms with van der Waals surface area (Å²) in [5.74, 6) is -0.647. The van der Waals surface area contributed by atoms with Crippen LogP contribution in [0.5, 0.6) is 0 Å². The van der Waals surface area contributed by atoms with Gasteiger partial charge in [0.2, 0.25) is 0 Å². The van der Waals surface area contributed by atoms with Gasteiger partial charge in [0.25, 0.3) is 5.91 Å². The third-order valence-electron chi connectivity index (χ3n) is 3.85. The molecule has 0 radical (unpaired) electrons. The summed E-state index contributed by atoms with van der Waals surface area (Å²) in [6.45, 7) is 1.61. The van der Waals surface area contributed by atoms with Crippen molar-refractivity contribution in [2.45, 2.75) is 51.2 Å². The second kappa shape index (κ2) is 6.48. The summed E-state index contributed by atoms with van der Waals surface area (Å²) in [6.07, 6.45) is 7.32. The molecule has 118 valence electrons. The highest BCUT2D eigenvalue weighted by atomic mass is 32.1. The summed E-state index contributed by atoms with van der Waals surface area (Å²) >= 11 is 1.51. The maximum Gasteiger partial charge on any atom is 0.312 e. The van der Waals surface area contributed by atoms with E-state index in [0.717, 1.165) is 30.6 Å². The molecule has 1 aliphatic rings. The lowest BCUT2D eigenvalue weighted by atomic mass is 10.2. The van der Waals surface area contributed by atoms with E-state index in [1.807, 2.05) is 16.0 Å². The Labute approximate surface area is 132 Å². The van der Waals surface area contributed by atoms with E-state index < -0.39 is 12.1 Å². The predicted octanol–water partition coefficient (Wildman–Crippen LogP) is 1.93. The smallest absolute Gasteiger partial charge is 0.312 e. The summed E-state index contributed by atoms with van der Waals surface area (Å²) < 4.78 is 7.07. The average molecular weight is 321 g/mol. The van der Waals surface area contributed by atoms with Gasteiger partial charge in [-0.3, -0.25) is 14.0 Å². The molecule has 1 atom stereocenters. The van der Waals surface area contributed by atoms with Crippen molar-refractivity contribution in [2.75, 3.05) is 0 Å². The number of nitrogens with zero attached hydrogens (tertiary/aromatic N) is 2. The highest BCUT2D eigenvalue weighted by Gasteiger charge is 2.23. The SMILES string of the molecule is C[C@H](OC(=O)Cc1cn2ccsc2n1)C(=O)NC1CCCC1. The molecule has 2 aromatic heterocycles. The first kappa shape index (κ1) is 15.0. The van der Waals surface area contributed by atoms with Crippen LogP contribution in [0.15, 0.2) is 17.8 Å². The largest absolute Gasteiger partial charge is 0.452 e. The van der Waals surface area contributed by atoms with Gasteiger partial charge in [-0.15, -0.1) is 11.3 Å². The molecule has 1 aliphatic carbocycles. The lowest BCUT2D eigenvalue weighted by Gasteiger charge is -2.16. The Morgan fingerprint density at radius 3 is 3.00 bits per heavy atom. The second-order valence-electron chi connectivity index (χ2n) is 5.62. The van der Waals surface area contributed by atoms with Crippen LogP contribution in [-0.4, -0.2) is 33.4 Å². The number of imidazole rings is 1. The number of carbonyl (C=O) groups excluding carboxylic acids is 2. The van der Waals surface area contributed by atoms with Gasteiger partial charge in [0, 0.05) is 23.8 Å². The molecular weight excluding hydrogens is 302 g/mol. The van der Waals surface area contributed by atoms with Gasteiger partial charge in [0.05, 0.1) is 12.1 Å². The normalized spacial score (nSPS) is 16.8. The number of rotatable bonds is 5. The van der Waals surface area contributed by atoms with Crippen molar-refractivity contribution in [2.24, 2.45) is 0 Å². The number of hydrogen-bond acceptors (Lipinski definition) is 5. The number of hydrogen-bond donors (Lipinski definition) is 1. The van der Waals surface area contributed by atoms with Crippen molar-refractivity contribution >= 4 is 28.2 Å². The molecule has 1 fully saturated rings. The lowest BCUT2D eigenvalue weighted by molar-refractivity contribution is -0.154. The van der Waals surface area contributed by atoms with Gasteiger partial charge in [0.1, 0.15) is 0 Å². The molecule has 3 rings (SSSR count). The summed E-state index contributed by atoms with van der Waals surface area (Å²) in [5.41, 5.74) is 0.653. The van der Waals surface area contributed by atoms with Crippen LogP contribution in [0.2, 0.25) is 0 Å². The van der Waals surface area contributed by atoms with Crippen LogP contribution in [0.3, 0.4) is 0 Å². The van der Waals surface area contributed by atoms with Gasteiger partial charge in [-0.2, -0.15) is 0 Å². The van der Waals surface area contributed by atoms with E-state index in [1.54, 1.807) is 13.1 Å². The molecule has 0 aromatic carbocycles. The summed E-state index contributed by atoms with van der Waals surface area (Å²) in [6, 6.07) is 0.230. The van der Waals surface area contributed by atoms with E-state index in [0.29, 0.717) is 5.69 Å². The molecular formula is C15H19N3O3S. The first-order chi connectivity index (χ1) is 10.6. The number of nitrogens with one attached hydrogen (secondary N) is 1. The zero-order valence-electron chi connectivity index (χ0n) is 12.4. The fourth-order valence-corrected chi connectivity index (χ4v) is 3.41. The highest BCUT2D eigenvalue weighted by Crippen LogP contribution is 2.18. The van der Waals surface area contributed by atoms with E-state index in [1.165, 1.54) is 11.3 Å². The van der Waals surface area contributed by atoms with Gasteiger partial charge >= 0.3 is 5.97 Å². The number of amides is 1. The lowest BCUT2D eigenvalue weighted by Crippen LogP contribution is -2.41. The molecule has 0 aliphatic heterocycles. The molecule has 0 unspecified atom stereocenters. The monoisotopic (exact) mass is 321 g/mol. The van der Waals surface area contributed by atoms with Crippen LogP contribution in [0, 0.1) is 0 Å². The van der Waals surface area contributed by atoms with E-state index >= 15 is 0 Å². The van der Waals surface area contributed by atoms with Gasteiger partial charge in [-0.05, 0) is 19.8 Å². The Bertz CT molecular complexity index is 644. The molecule has 2 aromatic rings. The first-order valence-electron chi connectivity index (χ1n) is 7.53. The van der Waals surface area contributed by atoms with E-state index in [-0.39, 0.29) is 18.4 Å². The van der Waals surface area contributed by atoms with E-state index in [4.69, 9.17) is 4.74 Å². The van der Waals surface area contributed by atoms with Crippen LogP contribution in [0.1, 0.15) is 38.3 Å². The molecule has 7 heteroatoms. The fourth-order valence-electron chi connectivity index (χ4n) is 2.69. The third kappa shape index (κ3) is 3.47. The van der Waals surface area contributed by atoms with E-state index in [2.05, 4.69) is 10.3 Å². The number of carbonyl (C=O) groups is 2. The topological polar surface area (TPSA) is 72.7 Å². The molecule has 22 heavy (non-hydrogen) atoms. The minimum atomic E-state index is -0.767. The molecule has 1 amide bonds. The van der Waals surface area contributed by atoms with Crippen molar-refractivity contribution in [3.63, 3.8) is 0 Å². The molecule has 0 bridgehead atoms. The molecule has 0 spiro atoms. The van der Waals surface area contributed by atoms with Gasteiger partial charge < -0.3 is 10.1 Å².